The lowest BCUT2D eigenvalue weighted by molar-refractivity contribution is 0.103. The highest BCUT2D eigenvalue weighted by Crippen LogP contribution is 2.31. The fourth-order valence-corrected chi connectivity index (χ4v) is 3.35. The largest absolute Gasteiger partial charge is 0.493 e. The van der Waals surface area contributed by atoms with E-state index in [2.05, 4.69) is 20.6 Å². The zero-order valence-electron chi connectivity index (χ0n) is 15.5. The maximum atomic E-state index is 12.7. The standard InChI is InChI=1S/C19H20N4O3S/c1-11-7-8-20-16(9-11)23-19-21-12(2)17(27-19)18(24)22-13-5-6-14(25-3)15(10-13)26-4/h5-10H,1-4H3,(H,22,24)(H,20,21,23). The van der Waals surface area contributed by atoms with Crippen LogP contribution >= 0.6 is 11.3 Å². The minimum atomic E-state index is -0.234. The molecule has 8 heteroatoms. The molecule has 3 aromatic rings. The molecule has 0 aliphatic heterocycles. The fraction of sp³-hybridized carbons (Fsp3) is 0.211. The summed E-state index contributed by atoms with van der Waals surface area (Å²) in [6.07, 6.45) is 1.73. The summed E-state index contributed by atoms with van der Waals surface area (Å²) >= 11 is 1.27. The first kappa shape index (κ1) is 18.7. The number of hydrogen-bond donors (Lipinski definition) is 2. The van der Waals surface area contributed by atoms with E-state index in [1.54, 1.807) is 45.5 Å². The summed E-state index contributed by atoms with van der Waals surface area (Å²) in [5.74, 6) is 1.60. The van der Waals surface area contributed by atoms with Gasteiger partial charge in [-0.05, 0) is 43.7 Å². The highest BCUT2D eigenvalue weighted by atomic mass is 32.1. The Morgan fingerprint density at radius 2 is 1.85 bits per heavy atom. The maximum Gasteiger partial charge on any atom is 0.267 e. The first-order valence-electron chi connectivity index (χ1n) is 8.20. The second-order valence-corrected chi connectivity index (χ2v) is 6.80. The van der Waals surface area contributed by atoms with Crippen LogP contribution in [0.25, 0.3) is 0 Å². The van der Waals surface area contributed by atoms with Gasteiger partial charge in [-0.25, -0.2) is 9.97 Å². The Balaban J connectivity index is 1.76. The molecular formula is C19H20N4O3S. The molecule has 1 aromatic carbocycles. The van der Waals surface area contributed by atoms with E-state index in [0.29, 0.717) is 38.7 Å². The molecule has 0 radical (unpaired) electrons. The van der Waals surface area contributed by atoms with Crippen LogP contribution in [0.3, 0.4) is 0 Å². The van der Waals surface area contributed by atoms with Crippen LogP contribution < -0.4 is 20.1 Å². The molecule has 0 atom stereocenters. The highest BCUT2D eigenvalue weighted by molar-refractivity contribution is 7.17. The minimum Gasteiger partial charge on any atom is -0.493 e. The number of rotatable bonds is 6. The number of nitrogens with one attached hydrogen (secondary N) is 2. The van der Waals surface area contributed by atoms with E-state index < -0.39 is 0 Å². The molecule has 0 spiro atoms. The topological polar surface area (TPSA) is 85.4 Å². The maximum absolute atomic E-state index is 12.7. The van der Waals surface area contributed by atoms with Gasteiger partial charge in [0.1, 0.15) is 10.7 Å². The fourth-order valence-electron chi connectivity index (χ4n) is 2.48. The van der Waals surface area contributed by atoms with Crippen molar-refractivity contribution in [3.8, 4) is 11.5 Å². The monoisotopic (exact) mass is 384 g/mol. The number of ether oxygens (including phenoxy) is 2. The van der Waals surface area contributed by atoms with E-state index in [-0.39, 0.29) is 5.91 Å². The molecule has 2 N–H and O–H groups in total. The Hall–Kier alpha value is -3.13. The average Bonchev–Trinajstić information content (AvgIpc) is 3.01. The number of methoxy groups -OCH3 is 2. The minimum absolute atomic E-state index is 0.234. The van der Waals surface area contributed by atoms with Crippen molar-refractivity contribution in [3.05, 3.63) is 52.7 Å². The molecule has 0 aliphatic carbocycles. The smallest absolute Gasteiger partial charge is 0.267 e. The van der Waals surface area contributed by atoms with Crippen molar-refractivity contribution in [2.24, 2.45) is 0 Å². The number of benzene rings is 1. The molecule has 140 valence electrons. The number of amides is 1. The van der Waals surface area contributed by atoms with Crippen molar-refractivity contribution in [2.45, 2.75) is 13.8 Å². The van der Waals surface area contributed by atoms with Gasteiger partial charge >= 0.3 is 0 Å². The first-order chi connectivity index (χ1) is 13.0. The summed E-state index contributed by atoms with van der Waals surface area (Å²) in [6, 6.07) is 9.04. The van der Waals surface area contributed by atoms with E-state index in [1.807, 2.05) is 19.1 Å². The molecule has 0 fully saturated rings. The van der Waals surface area contributed by atoms with Gasteiger partial charge in [-0.3, -0.25) is 4.79 Å². The SMILES string of the molecule is COc1ccc(NC(=O)c2sc(Nc3cc(C)ccn3)nc2C)cc1OC. The number of nitrogens with zero attached hydrogens (tertiary/aromatic N) is 2. The van der Waals surface area contributed by atoms with Crippen LogP contribution in [0.4, 0.5) is 16.6 Å². The van der Waals surface area contributed by atoms with Gasteiger partial charge in [0, 0.05) is 18.0 Å². The zero-order chi connectivity index (χ0) is 19.4. The number of aromatic nitrogens is 2. The van der Waals surface area contributed by atoms with Crippen molar-refractivity contribution in [1.29, 1.82) is 0 Å². The second kappa shape index (κ2) is 8.05. The third-order valence-corrected chi connectivity index (χ3v) is 4.87. The molecule has 2 aromatic heterocycles. The third kappa shape index (κ3) is 4.35. The van der Waals surface area contributed by atoms with Gasteiger partial charge in [0.25, 0.3) is 5.91 Å². The summed E-state index contributed by atoms with van der Waals surface area (Å²) < 4.78 is 10.5. The van der Waals surface area contributed by atoms with E-state index in [4.69, 9.17) is 9.47 Å². The Kier molecular flexibility index (Phi) is 5.56. The molecule has 0 aliphatic rings. The molecule has 2 heterocycles. The lowest BCUT2D eigenvalue weighted by Gasteiger charge is -2.10. The van der Waals surface area contributed by atoms with Gasteiger partial charge in [-0.15, -0.1) is 0 Å². The van der Waals surface area contributed by atoms with Crippen LogP contribution in [0.2, 0.25) is 0 Å². The molecular weight excluding hydrogens is 364 g/mol. The predicted octanol–water partition coefficient (Wildman–Crippen LogP) is 4.17. The summed E-state index contributed by atoms with van der Waals surface area (Å²) in [5, 5.41) is 6.62. The van der Waals surface area contributed by atoms with E-state index >= 15 is 0 Å². The van der Waals surface area contributed by atoms with Gasteiger partial charge in [0.15, 0.2) is 16.6 Å². The molecule has 0 unspecified atom stereocenters. The number of hydrogen-bond acceptors (Lipinski definition) is 7. The number of anilines is 3. The summed E-state index contributed by atoms with van der Waals surface area (Å²) in [7, 11) is 3.11. The number of pyridine rings is 1. The Labute approximate surface area is 161 Å². The Morgan fingerprint density at radius 3 is 2.56 bits per heavy atom. The third-order valence-electron chi connectivity index (χ3n) is 3.79. The van der Waals surface area contributed by atoms with Gasteiger partial charge in [-0.2, -0.15) is 0 Å². The molecule has 0 saturated carbocycles. The van der Waals surface area contributed by atoms with Gasteiger partial charge in [0.05, 0.1) is 19.9 Å². The van der Waals surface area contributed by atoms with Crippen LogP contribution in [-0.4, -0.2) is 30.1 Å². The van der Waals surface area contributed by atoms with Crippen molar-refractivity contribution in [2.75, 3.05) is 24.9 Å². The van der Waals surface area contributed by atoms with Crippen LogP contribution in [0.5, 0.6) is 11.5 Å². The average molecular weight is 384 g/mol. The summed E-state index contributed by atoms with van der Waals surface area (Å²) in [4.78, 5) is 21.9. The first-order valence-corrected chi connectivity index (χ1v) is 9.02. The number of aryl methyl sites for hydroxylation is 2. The molecule has 7 nitrogen and oxygen atoms in total. The molecule has 27 heavy (non-hydrogen) atoms. The predicted molar refractivity (Wildman–Crippen MR) is 107 cm³/mol. The molecule has 0 bridgehead atoms. The Morgan fingerprint density at radius 1 is 1.07 bits per heavy atom. The van der Waals surface area contributed by atoms with E-state index in [1.165, 1.54) is 11.3 Å². The number of carbonyl (C=O) groups excluding carboxylic acids is 1. The number of thiazole rings is 1. The van der Waals surface area contributed by atoms with Crippen LogP contribution in [0.1, 0.15) is 20.9 Å². The van der Waals surface area contributed by atoms with Gasteiger partial charge in [0.2, 0.25) is 0 Å². The van der Waals surface area contributed by atoms with E-state index in [9.17, 15) is 4.79 Å². The van der Waals surface area contributed by atoms with Crippen LogP contribution in [0, 0.1) is 13.8 Å². The van der Waals surface area contributed by atoms with Crippen molar-refractivity contribution >= 4 is 33.9 Å². The van der Waals surface area contributed by atoms with Crippen LogP contribution in [-0.2, 0) is 0 Å². The molecule has 1 amide bonds. The molecule has 0 saturated heterocycles. The van der Waals surface area contributed by atoms with Gasteiger partial charge < -0.3 is 20.1 Å². The van der Waals surface area contributed by atoms with Crippen molar-refractivity contribution in [3.63, 3.8) is 0 Å². The molecule has 3 rings (SSSR count). The second-order valence-electron chi connectivity index (χ2n) is 5.80. The van der Waals surface area contributed by atoms with Crippen LogP contribution in [0.15, 0.2) is 36.5 Å². The number of carbonyl (C=O) groups is 1. The lowest BCUT2D eigenvalue weighted by atomic mass is 10.2. The zero-order valence-corrected chi connectivity index (χ0v) is 16.3. The van der Waals surface area contributed by atoms with E-state index in [0.717, 1.165) is 5.56 Å². The van der Waals surface area contributed by atoms with Crippen molar-refractivity contribution in [1.82, 2.24) is 9.97 Å². The summed E-state index contributed by atoms with van der Waals surface area (Å²) in [5.41, 5.74) is 2.35. The highest BCUT2D eigenvalue weighted by Gasteiger charge is 2.17. The van der Waals surface area contributed by atoms with Crippen molar-refractivity contribution < 1.29 is 14.3 Å². The van der Waals surface area contributed by atoms with Gasteiger partial charge in [-0.1, -0.05) is 11.3 Å². The normalized spacial score (nSPS) is 10.4. The Bertz CT molecular complexity index is 971. The lowest BCUT2D eigenvalue weighted by Crippen LogP contribution is -2.11. The quantitative estimate of drug-likeness (QED) is 0.663. The summed E-state index contributed by atoms with van der Waals surface area (Å²) in [6.45, 7) is 3.79.